The molecule has 6 nitrogen and oxygen atoms in total. The van der Waals surface area contributed by atoms with Crippen LogP contribution in [0, 0.1) is 0 Å². The molecule has 0 radical (unpaired) electrons. The van der Waals surface area contributed by atoms with Gasteiger partial charge in [-0.25, -0.2) is 4.98 Å². The summed E-state index contributed by atoms with van der Waals surface area (Å²) in [6.07, 6.45) is 4.22. The molecule has 0 saturated carbocycles. The third kappa shape index (κ3) is 2.61. The molecule has 2 heterocycles. The largest absolute Gasteiger partial charge is 0.365 e. The van der Waals surface area contributed by atoms with Crippen molar-refractivity contribution in [1.82, 2.24) is 19.7 Å². The second-order valence-electron chi connectivity index (χ2n) is 3.88. The lowest BCUT2D eigenvalue weighted by atomic mass is 10.2. The van der Waals surface area contributed by atoms with Gasteiger partial charge in [-0.15, -0.1) is 0 Å². The van der Waals surface area contributed by atoms with Gasteiger partial charge in [0.1, 0.15) is 10.3 Å². The molecule has 0 amide bonds. The molecule has 0 aromatic carbocycles. The van der Waals surface area contributed by atoms with Crippen LogP contribution in [0.2, 0.25) is 0 Å². The SMILES string of the molecule is CCc1nn(C)cc1CNc1nc[nH]c(=O)c1Br. The molecule has 0 saturated heterocycles. The lowest BCUT2D eigenvalue weighted by molar-refractivity contribution is 0.746. The summed E-state index contributed by atoms with van der Waals surface area (Å²) in [6.45, 7) is 2.65. The van der Waals surface area contributed by atoms with Crippen LogP contribution in [0.5, 0.6) is 0 Å². The van der Waals surface area contributed by atoms with E-state index in [0.29, 0.717) is 16.8 Å². The molecule has 2 rings (SSSR count). The lowest BCUT2D eigenvalue weighted by Gasteiger charge is -2.05. The minimum atomic E-state index is -0.200. The Bertz CT molecular complexity index is 604. The van der Waals surface area contributed by atoms with E-state index in [0.717, 1.165) is 17.7 Å². The van der Waals surface area contributed by atoms with E-state index in [1.165, 1.54) is 6.33 Å². The highest BCUT2D eigenvalue weighted by molar-refractivity contribution is 9.10. The molecule has 0 atom stereocenters. The van der Waals surface area contributed by atoms with Crippen molar-refractivity contribution >= 4 is 21.7 Å². The van der Waals surface area contributed by atoms with E-state index in [9.17, 15) is 4.79 Å². The molecule has 0 fully saturated rings. The van der Waals surface area contributed by atoms with Crippen LogP contribution in [0.25, 0.3) is 0 Å². The highest BCUT2D eigenvalue weighted by atomic mass is 79.9. The molecule has 0 unspecified atom stereocenters. The number of nitrogens with zero attached hydrogens (tertiary/aromatic N) is 3. The fourth-order valence-corrected chi connectivity index (χ4v) is 2.07. The number of hydrogen-bond acceptors (Lipinski definition) is 4. The van der Waals surface area contributed by atoms with Crippen molar-refractivity contribution in [2.24, 2.45) is 7.05 Å². The maximum atomic E-state index is 11.4. The summed E-state index contributed by atoms with van der Waals surface area (Å²) in [5.41, 5.74) is 1.95. The number of aryl methyl sites for hydroxylation is 2. The summed E-state index contributed by atoms with van der Waals surface area (Å²) in [4.78, 5) is 17.9. The van der Waals surface area contributed by atoms with E-state index in [1.807, 2.05) is 13.2 Å². The maximum Gasteiger partial charge on any atom is 0.267 e. The number of nitrogens with one attached hydrogen (secondary N) is 2. The molecule has 7 heteroatoms. The molecule has 0 bridgehead atoms. The Morgan fingerprint density at radius 1 is 1.56 bits per heavy atom. The van der Waals surface area contributed by atoms with Crippen LogP contribution < -0.4 is 10.9 Å². The molecule has 0 spiro atoms. The Labute approximate surface area is 113 Å². The first-order chi connectivity index (χ1) is 8.61. The topological polar surface area (TPSA) is 75.6 Å². The quantitative estimate of drug-likeness (QED) is 0.896. The Balaban J connectivity index is 2.16. The Morgan fingerprint density at radius 3 is 3.06 bits per heavy atom. The van der Waals surface area contributed by atoms with Crippen LogP contribution in [0.4, 0.5) is 5.82 Å². The zero-order valence-electron chi connectivity index (χ0n) is 10.2. The molecule has 18 heavy (non-hydrogen) atoms. The van der Waals surface area contributed by atoms with Gasteiger partial charge in [-0.3, -0.25) is 9.48 Å². The zero-order chi connectivity index (χ0) is 13.1. The van der Waals surface area contributed by atoms with Crippen LogP contribution in [0.3, 0.4) is 0 Å². The normalized spacial score (nSPS) is 10.6. The molecule has 96 valence electrons. The summed E-state index contributed by atoms with van der Waals surface area (Å²) < 4.78 is 2.20. The summed E-state index contributed by atoms with van der Waals surface area (Å²) in [5, 5.41) is 7.48. The highest BCUT2D eigenvalue weighted by Gasteiger charge is 2.08. The number of aromatic amines is 1. The molecule has 2 N–H and O–H groups in total. The maximum absolute atomic E-state index is 11.4. The fraction of sp³-hybridized carbons (Fsp3) is 0.364. The fourth-order valence-electron chi connectivity index (χ4n) is 1.71. The molecule has 2 aromatic heterocycles. The van der Waals surface area contributed by atoms with Crippen molar-refractivity contribution in [3.8, 4) is 0 Å². The molecule has 2 aromatic rings. The number of halogens is 1. The molecular formula is C11H14BrN5O. The summed E-state index contributed by atoms with van der Waals surface area (Å²) in [7, 11) is 1.89. The average Bonchev–Trinajstić information content (AvgIpc) is 2.71. The van der Waals surface area contributed by atoms with Crippen molar-refractivity contribution in [3.05, 3.63) is 38.6 Å². The first-order valence-corrected chi connectivity index (χ1v) is 6.39. The first-order valence-electron chi connectivity index (χ1n) is 5.60. The van der Waals surface area contributed by atoms with E-state index < -0.39 is 0 Å². The van der Waals surface area contributed by atoms with E-state index in [1.54, 1.807) is 4.68 Å². The van der Waals surface area contributed by atoms with Crippen LogP contribution in [0.15, 0.2) is 21.8 Å². The standard InChI is InChI=1S/C11H14BrN5O/c1-3-8-7(5-17(2)16-8)4-13-10-9(12)11(18)15-6-14-10/h5-6H,3-4H2,1-2H3,(H2,13,14,15,18). The van der Waals surface area contributed by atoms with Gasteiger partial charge < -0.3 is 10.3 Å². The summed E-state index contributed by atoms with van der Waals surface area (Å²) >= 11 is 3.20. The van der Waals surface area contributed by atoms with Gasteiger partial charge in [-0.1, -0.05) is 6.92 Å². The van der Waals surface area contributed by atoms with E-state index in [-0.39, 0.29) is 5.56 Å². The number of anilines is 1. The Hall–Kier alpha value is -1.63. The van der Waals surface area contributed by atoms with Crippen molar-refractivity contribution in [2.45, 2.75) is 19.9 Å². The van der Waals surface area contributed by atoms with Crippen molar-refractivity contribution in [2.75, 3.05) is 5.32 Å². The predicted molar refractivity (Wildman–Crippen MR) is 72.5 cm³/mol. The summed E-state index contributed by atoms with van der Waals surface area (Å²) in [6, 6.07) is 0. The van der Waals surface area contributed by atoms with Crippen molar-refractivity contribution in [3.63, 3.8) is 0 Å². The lowest BCUT2D eigenvalue weighted by Crippen LogP contribution is -2.12. The average molecular weight is 312 g/mol. The third-order valence-corrected chi connectivity index (χ3v) is 3.31. The van der Waals surface area contributed by atoms with Gasteiger partial charge in [0.05, 0.1) is 12.0 Å². The highest BCUT2D eigenvalue weighted by Crippen LogP contribution is 2.15. The minimum Gasteiger partial charge on any atom is -0.365 e. The number of rotatable bonds is 4. The van der Waals surface area contributed by atoms with Crippen molar-refractivity contribution in [1.29, 1.82) is 0 Å². The van der Waals surface area contributed by atoms with Gasteiger partial charge in [0.25, 0.3) is 5.56 Å². The molecular weight excluding hydrogens is 298 g/mol. The van der Waals surface area contributed by atoms with Gasteiger partial charge in [0.2, 0.25) is 0 Å². The van der Waals surface area contributed by atoms with Gasteiger partial charge >= 0.3 is 0 Å². The second kappa shape index (κ2) is 5.34. The van der Waals surface area contributed by atoms with E-state index in [4.69, 9.17) is 0 Å². The Kier molecular flexibility index (Phi) is 3.81. The first kappa shape index (κ1) is 12.8. The summed E-state index contributed by atoms with van der Waals surface area (Å²) in [5.74, 6) is 0.532. The molecule has 0 aliphatic rings. The molecule has 0 aliphatic heterocycles. The smallest absolute Gasteiger partial charge is 0.267 e. The van der Waals surface area contributed by atoms with Crippen LogP contribution in [-0.4, -0.2) is 19.7 Å². The predicted octanol–water partition coefficient (Wildman–Crippen LogP) is 1.44. The number of hydrogen-bond donors (Lipinski definition) is 2. The second-order valence-corrected chi connectivity index (χ2v) is 4.67. The van der Waals surface area contributed by atoms with Gasteiger partial charge in [-0.2, -0.15) is 5.10 Å². The Morgan fingerprint density at radius 2 is 2.33 bits per heavy atom. The van der Waals surface area contributed by atoms with E-state index in [2.05, 4.69) is 43.2 Å². The number of aromatic nitrogens is 4. The van der Waals surface area contributed by atoms with Crippen molar-refractivity contribution < 1.29 is 0 Å². The zero-order valence-corrected chi connectivity index (χ0v) is 11.8. The third-order valence-electron chi connectivity index (χ3n) is 2.57. The van der Waals surface area contributed by atoms with Crippen LogP contribution in [-0.2, 0) is 20.0 Å². The molecule has 0 aliphatic carbocycles. The van der Waals surface area contributed by atoms with Gasteiger partial charge in [-0.05, 0) is 22.4 Å². The van der Waals surface area contributed by atoms with Crippen LogP contribution in [0.1, 0.15) is 18.2 Å². The van der Waals surface area contributed by atoms with Crippen LogP contribution >= 0.6 is 15.9 Å². The van der Waals surface area contributed by atoms with E-state index >= 15 is 0 Å². The van der Waals surface area contributed by atoms with Gasteiger partial charge in [0.15, 0.2) is 0 Å². The number of H-pyrrole nitrogens is 1. The minimum absolute atomic E-state index is 0.200. The monoisotopic (exact) mass is 311 g/mol. The van der Waals surface area contributed by atoms with Gasteiger partial charge in [0, 0.05) is 25.4 Å².